The van der Waals surface area contributed by atoms with E-state index < -0.39 is 12.7 Å². The molecule has 0 saturated heterocycles. The minimum atomic E-state index is -1.49. The number of alkyl halides is 1. The summed E-state index contributed by atoms with van der Waals surface area (Å²) in [5, 5.41) is 0. The van der Waals surface area contributed by atoms with E-state index in [1.54, 1.807) is 0 Å². The molecule has 0 aliphatic heterocycles. The quantitative estimate of drug-likeness (QED) is 0.600. The van der Waals surface area contributed by atoms with Gasteiger partial charge in [-0.25, -0.2) is 4.39 Å². The summed E-state index contributed by atoms with van der Waals surface area (Å²) < 4.78 is 23.8. The summed E-state index contributed by atoms with van der Waals surface area (Å²) >= 11 is 0. The molecule has 0 aliphatic carbocycles. The van der Waals surface area contributed by atoms with Gasteiger partial charge in [-0.1, -0.05) is 12.1 Å². The van der Waals surface area contributed by atoms with E-state index in [-0.39, 0.29) is 5.56 Å². The summed E-state index contributed by atoms with van der Waals surface area (Å²) in [5.74, 6) is 0. The van der Waals surface area contributed by atoms with Crippen molar-refractivity contribution in [2.24, 2.45) is 0 Å². The largest absolute Gasteiger partial charge is 0.332 e. The lowest BCUT2D eigenvalue weighted by Gasteiger charge is -1.93. The van der Waals surface area contributed by atoms with Crippen LogP contribution in [0, 0.1) is 0 Å². The number of carbonyl (C=O) groups is 1. The molecule has 0 unspecified atom stereocenters. The predicted molar refractivity (Wildman–Crippen MR) is 36.7 cm³/mol. The summed E-state index contributed by atoms with van der Waals surface area (Å²) in [6.07, 6.45) is 0. The van der Waals surface area contributed by atoms with Crippen LogP contribution in [0.5, 0.6) is 0 Å². The smallest absolute Gasteiger partial charge is 0.255 e. The Balaban J connectivity index is 2.91. The molecule has 58 valence electrons. The second-order valence-corrected chi connectivity index (χ2v) is 2.10. The summed E-state index contributed by atoms with van der Waals surface area (Å²) in [5.41, 5.74) is 0.400. The van der Waals surface area contributed by atoms with Gasteiger partial charge in [0, 0.05) is 0 Å². The molecule has 1 aromatic rings. The Hall–Kier alpha value is -1.25. The topological polar surface area (TPSA) is 17.1 Å². The van der Waals surface area contributed by atoms with Crippen LogP contribution in [0.4, 0.5) is 8.78 Å². The third-order valence-corrected chi connectivity index (χ3v) is 1.34. The molecule has 11 heavy (non-hydrogen) atoms. The maximum absolute atomic E-state index is 11.9. The maximum Gasteiger partial charge on any atom is 0.332 e. The molecule has 3 heteroatoms. The highest BCUT2D eigenvalue weighted by atomic mass is 19.1. The third-order valence-electron chi connectivity index (χ3n) is 1.34. The van der Waals surface area contributed by atoms with Gasteiger partial charge in [-0.05, 0) is 17.7 Å². The van der Waals surface area contributed by atoms with Gasteiger partial charge in [0.2, 0.25) is 0 Å². The SMILES string of the molecule is O=C(F)c1ccc(CF)cc1. The van der Waals surface area contributed by atoms with Crippen LogP contribution in [0.1, 0.15) is 15.9 Å². The zero-order valence-corrected chi connectivity index (χ0v) is 5.68. The Morgan fingerprint density at radius 3 is 2.18 bits per heavy atom. The van der Waals surface area contributed by atoms with E-state index in [0.29, 0.717) is 5.56 Å². The van der Waals surface area contributed by atoms with Crippen LogP contribution >= 0.6 is 0 Å². The molecule has 0 amide bonds. The van der Waals surface area contributed by atoms with Crippen molar-refractivity contribution in [1.29, 1.82) is 0 Å². The molecular formula is C8H6F2O. The minimum Gasteiger partial charge on any atom is -0.255 e. The fourth-order valence-corrected chi connectivity index (χ4v) is 0.725. The Kier molecular flexibility index (Phi) is 2.31. The molecule has 1 aromatic carbocycles. The average Bonchev–Trinajstić information content (AvgIpc) is 2.05. The van der Waals surface area contributed by atoms with E-state index >= 15 is 0 Å². The van der Waals surface area contributed by atoms with Crippen molar-refractivity contribution >= 4 is 6.04 Å². The normalized spacial score (nSPS) is 9.64. The fraction of sp³-hybridized carbons (Fsp3) is 0.125. The Morgan fingerprint density at radius 1 is 1.27 bits per heavy atom. The molecule has 0 N–H and O–H groups in total. The van der Waals surface area contributed by atoms with Crippen molar-refractivity contribution in [2.45, 2.75) is 6.67 Å². The zero-order chi connectivity index (χ0) is 8.27. The summed E-state index contributed by atoms with van der Waals surface area (Å²) in [7, 11) is 0. The Morgan fingerprint density at radius 2 is 1.82 bits per heavy atom. The molecule has 0 atom stereocenters. The highest BCUT2D eigenvalue weighted by Crippen LogP contribution is 2.06. The molecular weight excluding hydrogens is 150 g/mol. The maximum atomic E-state index is 11.9. The van der Waals surface area contributed by atoms with Gasteiger partial charge in [-0.2, -0.15) is 4.39 Å². The van der Waals surface area contributed by atoms with Crippen molar-refractivity contribution in [3.8, 4) is 0 Å². The standard InChI is InChI=1S/C8H6F2O/c9-5-6-1-3-7(4-2-6)8(10)11/h1-4H,5H2. The first-order valence-corrected chi connectivity index (χ1v) is 3.09. The molecule has 0 bridgehead atoms. The third kappa shape index (κ3) is 1.83. The van der Waals surface area contributed by atoms with Crippen molar-refractivity contribution in [1.82, 2.24) is 0 Å². The first-order chi connectivity index (χ1) is 5.24. The van der Waals surface area contributed by atoms with E-state index in [0.717, 1.165) is 0 Å². The average molecular weight is 156 g/mol. The highest BCUT2D eigenvalue weighted by molar-refractivity contribution is 5.88. The summed E-state index contributed by atoms with van der Waals surface area (Å²) in [6, 6.07) is 3.80. The molecule has 0 heterocycles. The van der Waals surface area contributed by atoms with Crippen LogP contribution < -0.4 is 0 Å². The number of hydrogen-bond acceptors (Lipinski definition) is 1. The zero-order valence-electron chi connectivity index (χ0n) is 5.68. The van der Waals surface area contributed by atoms with Gasteiger partial charge in [0.05, 0.1) is 5.56 Å². The number of hydrogen-bond donors (Lipinski definition) is 0. The molecule has 0 fully saturated rings. The van der Waals surface area contributed by atoms with Gasteiger partial charge >= 0.3 is 6.04 Å². The summed E-state index contributed by atoms with van der Waals surface area (Å²) in [6.45, 7) is -0.596. The van der Waals surface area contributed by atoms with Crippen LogP contribution in [0.3, 0.4) is 0 Å². The predicted octanol–water partition coefficient (Wildman–Crippen LogP) is 2.27. The van der Waals surface area contributed by atoms with Crippen LogP contribution in [-0.4, -0.2) is 6.04 Å². The minimum absolute atomic E-state index is 0.0396. The van der Waals surface area contributed by atoms with Crippen molar-refractivity contribution < 1.29 is 13.6 Å². The van der Waals surface area contributed by atoms with Gasteiger partial charge in [0.25, 0.3) is 0 Å². The molecule has 0 aromatic heterocycles. The van der Waals surface area contributed by atoms with E-state index in [1.165, 1.54) is 24.3 Å². The molecule has 1 rings (SSSR count). The molecule has 0 saturated carbocycles. The van der Waals surface area contributed by atoms with Crippen molar-refractivity contribution in [3.05, 3.63) is 35.4 Å². The van der Waals surface area contributed by atoms with Gasteiger partial charge in [0.15, 0.2) is 0 Å². The second-order valence-electron chi connectivity index (χ2n) is 2.10. The van der Waals surface area contributed by atoms with Gasteiger partial charge in [0.1, 0.15) is 6.67 Å². The fourth-order valence-electron chi connectivity index (χ4n) is 0.725. The van der Waals surface area contributed by atoms with Crippen LogP contribution in [0.15, 0.2) is 24.3 Å². The summed E-state index contributed by atoms with van der Waals surface area (Å²) in [4.78, 5) is 10.1. The molecule has 1 nitrogen and oxygen atoms in total. The molecule has 0 radical (unpaired) electrons. The van der Waals surface area contributed by atoms with E-state index in [1.807, 2.05) is 0 Å². The van der Waals surface area contributed by atoms with Gasteiger partial charge < -0.3 is 0 Å². The van der Waals surface area contributed by atoms with E-state index in [9.17, 15) is 13.6 Å². The highest BCUT2D eigenvalue weighted by Gasteiger charge is 2.01. The Labute approximate surface area is 62.7 Å². The molecule has 0 spiro atoms. The van der Waals surface area contributed by atoms with Gasteiger partial charge in [-0.3, -0.25) is 4.79 Å². The van der Waals surface area contributed by atoms with Crippen LogP contribution in [0.2, 0.25) is 0 Å². The first-order valence-electron chi connectivity index (χ1n) is 3.09. The van der Waals surface area contributed by atoms with Crippen molar-refractivity contribution in [2.75, 3.05) is 0 Å². The number of benzene rings is 1. The van der Waals surface area contributed by atoms with Crippen LogP contribution in [0.25, 0.3) is 0 Å². The molecule has 0 aliphatic rings. The lowest BCUT2D eigenvalue weighted by atomic mass is 10.2. The lowest BCUT2D eigenvalue weighted by molar-refractivity contribution is 0.0836. The van der Waals surface area contributed by atoms with Crippen LogP contribution in [-0.2, 0) is 6.67 Å². The van der Waals surface area contributed by atoms with Gasteiger partial charge in [-0.15, -0.1) is 0 Å². The second kappa shape index (κ2) is 3.23. The van der Waals surface area contributed by atoms with Crippen molar-refractivity contribution in [3.63, 3.8) is 0 Å². The number of carbonyl (C=O) groups excluding carboxylic acids is 1. The number of rotatable bonds is 2. The monoisotopic (exact) mass is 156 g/mol. The Bertz CT molecular complexity index is 253. The number of halogens is 2. The van der Waals surface area contributed by atoms with E-state index in [4.69, 9.17) is 0 Å². The van der Waals surface area contributed by atoms with E-state index in [2.05, 4.69) is 0 Å². The lowest BCUT2D eigenvalue weighted by Crippen LogP contribution is -1.89. The first kappa shape index (κ1) is 7.85.